The van der Waals surface area contributed by atoms with E-state index in [0.29, 0.717) is 10.8 Å². The minimum Gasteiger partial charge on any atom is -0.487 e. The summed E-state index contributed by atoms with van der Waals surface area (Å²) in [7, 11) is 0. The van der Waals surface area contributed by atoms with Crippen LogP contribution in [0.2, 0.25) is 5.02 Å². The summed E-state index contributed by atoms with van der Waals surface area (Å²) in [5.74, 6) is 0.601. The number of nitro benzene ring substituents is 1. The summed E-state index contributed by atoms with van der Waals surface area (Å²) >= 11 is 6.10. The molecule has 2 aromatic rings. The van der Waals surface area contributed by atoms with Gasteiger partial charge in [-0.1, -0.05) is 11.6 Å². The van der Waals surface area contributed by atoms with Gasteiger partial charge in [-0.05, 0) is 11.6 Å². The highest BCUT2D eigenvalue weighted by atomic mass is 35.5. The molecule has 0 fully saturated rings. The van der Waals surface area contributed by atoms with Crippen molar-refractivity contribution in [2.75, 3.05) is 0 Å². The zero-order valence-electron chi connectivity index (χ0n) is 9.09. The maximum atomic E-state index is 10.7. The summed E-state index contributed by atoms with van der Waals surface area (Å²) < 4.78 is 5.50. The predicted molar refractivity (Wildman–Crippen MR) is 65.7 cm³/mol. The number of aromatic nitrogens is 1. The lowest BCUT2D eigenvalue weighted by Gasteiger charge is -2.20. The van der Waals surface area contributed by atoms with Gasteiger partial charge in [-0.3, -0.25) is 15.1 Å². The standard InChI is InChI=1S/C12H7ClN2O3/c13-10-4-14-5-11-12(10)9-2-1-8(15(16)17)3-7(9)6-18-11/h1-5H,6H2. The first-order valence-electron chi connectivity index (χ1n) is 5.21. The lowest BCUT2D eigenvalue weighted by Crippen LogP contribution is -2.06. The topological polar surface area (TPSA) is 65.3 Å². The minimum atomic E-state index is -0.427. The maximum absolute atomic E-state index is 10.7. The molecule has 1 aromatic carbocycles. The summed E-state index contributed by atoms with van der Waals surface area (Å²) in [5.41, 5.74) is 2.40. The number of non-ortho nitro benzene ring substituents is 1. The molecule has 0 spiro atoms. The summed E-state index contributed by atoms with van der Waals surface area (Å²) in [6, 6.07) is 4.67. The third-order valence-corrected chi connectivity index (χ3v) is 3.10. The molecule has 1 aliphatic heterocycles. The van der Waals surface area contributed by atoms with E-state index in [9.17, 15) is 10.1 Å². The van der Waals surface area contributed by atoms with Crippen LogP contribution in [0, 0.1) is 10.1 Å². The number of benzene rings is 1. The van der Waals surface area contributed by atoms with Crippen LogP contribution >= 0.6 is 11.6 Å². The Kier molecular flexibility index (Phi) is 2.41. The van der Waals surface area contributed by atoms with E-state index in [-0.39, 0.29) is 12.3 Å². The number of fused-ring (bicyclic) bond motifs is 3. The molecule has 0 saturated heterocycles. The van der Waals surface area contributed by atoms with Gasteiger partial charge in [0, 0.05) is 29.5 Å². The summed E-state index contributed by atoms with van der Waals surface area (Å²) in [5, 5.41) is 11.2. The van der Waals surface area contributed by atoms with E-state index in [2.05, 4.69) is 4.98 Å². The minimum absolute atomic E-state index is 0.0472. The van der Waals surface area contributed by atoms with Gasteiger partial charge < -0.3 is 4.74 Å². The van der Waals surface area contributed by atoms with Crippen molar-refractivity contribution >= 4 is 17.3 Å². The van der Waals surface area contributed by atoms with Gasteiger partial charge in [0.25, 0.3) is 5.69 Å². The molecule has 0 N–H and O–H groups in total. The average Bonchev–Trinajstić information content (AvgIpc) is 2.37. The fourth-order valence-electron chi connectivity index (χ4n) is 2.00. The second-order valence-corrected chi connectivity index (χ2v) is 4.29. The fourth-order valence-corrected chi connectivity index (χ4v) is 2.25. The number of ether oxygens (including phenoxy) is 1. The lowest BCUT2D eigenvalue weighted by molar-refractivity contribution is -0.384. The Morgan fingerprint density at radius 3 is 3.00 bits per heavy atom. The molecule has 0 amide bonds. The normalized spacial score (nSPS) is 12.3. The molecule has 1 aliphatic rings. The lowest BCUT2D eigenvalue weighted by atomic mass is 9.97. The highest BCUT2D eigenvalue weighted by Crippen LogP contribution is 2.42. The molecular formula is C12H7ClN2O3. The van der Waals surface area contributed by atoms with Crippen molar-refractivity contribution in [3.05, 3.63) is 51.3 Å². The largest absolute Gasteiger partial charge is 0.487 e. The fraction of sp³-hybridized carbons (Fsp3) is 0.0833. The Bertz CT molecular complexity index is 658. The van der Waals surface area contributed by atoms with Gasteiger partial charge in [-0.25, -0.2) is 0 Å². The second kappa shape index (κ2) is 3.96. The van der Waals surface area contributed by atoms with Crippen LogP contribution in [0.4, 0.5) is 5.69 Å². The van der Waals surface area contributed by atoms with E-state index < -0.39 is 4.92 Å². The van der Waals surface area contributed by atoms with Gasteiger partial charge in [0.05, 0.1) is 16.1 Å². The van der Waals surface area contributed by atoms with Gasteiger partial charge in [-0.15, -0.1) is 0 Å². The summed E-state index contributed by atoms with van der Waals surface area (Å²) in [6.07, 6.45) is 3.12. The van der Waals surface area contributed by atoms with Gasteiger partial charge in [0.2, 0.25) is 0 Å². The van der Waals surface area contributed by atoms with Crippen molar-refractivity contribution in [2.24, 2.45) is 0 Å². The molecule has 3 rings (SSSR count). The Hall–Kier alpha value is -2.14. The molecule has 0 atom stereocenters. The van der Waals surface area contributed by atoms with E-state index in [0.717, 1.165) is 16.7 Å². The molecule has 90 valence electrons. The van der Waals surface area contributed by atoms with Gasteiger partial charge in [0.15, 0.2) is 0 Å². The zero-order valence-corrected chi connectivity index (χ0v) is 9.85. The van der Waals surface area contributed by atoms with Crippen LogP contribution in [-0.2, 0) is 6.61 Å². The van der Waals surface area contributed by atoms with Crippen LogP contribution < -0.4 is 4.74 Å². The molecule has 2 heterocycles. The Balaban J connectivity index is 2.22. The number of nitrogens with zero attached hydrogens (tertiary/aromatic N) is 2. The Labute approximate surface area is 107 Å². The van der Waals surface area contributed by atoms with Crippen molar-refractivity contribution in [2.45, 2.75) is 6.61 Å². The molecule has 18 heavy (non-hydrogen) atoms. The Morgan fingerprint density at radius 1 is 1.39 bits per heavy atom. The van der Waals surface area contributed by atoms with E-state index >= 15 is 0 Å². The number of nitro groups is 1. The Morgan fingerprint density at radius 2 is 2.22 bits per heavy atom. The molecule has 0 saturated carbocycles. The molecule has 5 nitrogen and oxygen atoms in total. The molecule has 0 radical (unpaired) electrons. The van der Waals surface area contributed by atoms with Crippen LogP contribution in [0.1, 0.15) is 5.56 Å². The van der Waals surface area contributed by atoms with E-state index in [1.54, 1.807) is 12.3 Å². The van der Waals surface area contributed by atoms with Crippen LogP contribution in [-0.4, -0.2) is 9.91 Å². The van der Waals surface area contributed by atoms with Crippen LogP contribution in [0.15, 0.2) is 30.6 Å². The van der Waals surface area contributed by atoms with E-state index in [1.807, 2.05) is 0 Å². The van der Waals surface area contributed by atoms with Crippen molar-refractivity contribution in [1.29, 1.82) is 0 Å². The first-order valence-corrected chi connectivity index (χ1v) is 5.58. The van der Waals surface area contributed by atoms with Crippen LogP contribution in [0.3, 0.4) is 0 Å². The quantitative estimate of drug-likeness (QED) is 0.585. The molecular weight excluding hydrogens is 256 g/mol. The molecule has 0 aliphatic carbocycles. The summed E-state index contributed by atoms with van der Waals surface area (Å²) in [6.45, 7) is 0.284. The SMILES string of the molecule is O=[N+]([O-])c1ccc2c(c1)COc1cncc(Cl)c1-2. The third kappa shape index (κ3) is 1.60. The monoisotopic (exact) mass is 262 g/mol. The van der Waals surface area contributed by atoms with Gasteiger partial charge >= 0.3 is 0 Å². The molecule has 0 unspecified atom stereocenters. The number of pyridine rings is 1. The molecule has 1 aromatic heterocycles. The first-order chi connectivity index (χ1) is 8.66. The smallest absolute Gasteiger partial charge is 0.269 e. The van der Waals surface area contributed by atoms with E-state index in [1.165, 1.54) is 18.3 Å². The molecule has 0 bridgehead atoms. The third-order valence-electron chi connectivity index (χ3n) is 2.82. The average molecular weight is 263 g/mol. The second-order valence-electron chi connectivity index (χ2n) is 3.88. The summed E-state index contributed by atoms with van der Waals surface area (Å²) in [4.78, 5) is 14.3. The van der Waals surface area contributed by atoms with Crippen molar-refractivity contribution in [3.63, 3.8) is 0 Å². The van der Waals surface area contributed by atoms with E-state index in [4.69, 9.17) is 16.3 Å². The van der Waals surface area contributed by atoms with Crippen LogP contribution in [0.5, 0.6) is 5.75 Å². The highest BCUT2D eigenvalue weighted by Gasteiger charge is 2.22. The highest BCUT2D eigenvalue weighted by molar-refractivity contribution is 6.33. The number of hydrogen-bond acceptors (Lipinski definition) is 4. The van der Waals surface area contributed by atoms with Gasteiger partial charge in [0.1, 0.15) is 12.4 Å². The number of hydrogen-bond donors (Lipinski definition) is 0. The van der Waals surface area contributed by atoms with Crippen molar-refractivity contribution < 1.29 is 9.66 Å². The first kappa shape index (κ1) is 11.0. The van der Waals surface area contributed by atoms with Gasteiger partial charge in [-0.2, -0.15) is 0 Å². The molecule has 6 heteroatoms. The predicted octanol–water partition coefficient (Wildman–Crippen LogP) is 3.20. The zero-order chi connectivity index (χ0) is 12.7. The van der Waals surface area contributed by atoms with Crippen molar-refractivity contribution in [1.82, 2.24) is 4.98 Å². The number of halogens is 1. The maximum Gasteiger partial charge on any atom is 0.269 e. The number of rotatable bonds is 1. The van der Waals surface area contributed by atoms with Crippen molar-refractivity contribution in [3.8, 4) is 16.9 Å². The van der Waals surface area contributed by atoms with Crippen LogP contribution in [0.25, 0.3) is 11.1 Å².